The maximum absolute atomic E-state index is 12.3. The minimum atomic E-state index is -0.109. The fourth-order valence-corrected chi connectivity index (χ4v) is 1.99. The van der Waals surface area contributed by atoms with Crippen LogP contribution in [0.5, 0.6) is 0 Å². The van der Waals surface area contributed by atoms with E-state index in [9.17, 15) is 9.59 Å². The molecule has 0 atom stereocenters. The standard InChI is InChI=1S/C13H17N3O2/c14-8-10-3-1-4-11(7-10)13(18)16-6-2-5-15-12(17)9-16/h1,3-4,7H,2,5-6,8-9,14H2,(H,15,17). The zero-order valence-corrected chi connectivity index (χ0v) is 10.2. The van der Waals surface area contributed by atoms with Gasteiger partial charge in [-0.15, -0.1) is 0 Å². The number of carbonyl (C=O) groups excluding carboxylic acids is 2. The van der Waals surface area contributed by atoms with Gasteiger partial charge in [0.2, 0.25) is 5.91 Å². The van der Waals surface area contributed by atoms with Crippen molar-refractivity contribution in [1.82, 2.24) is 10.2 Å². The molecule has 0 bridgehead atoms. The van der Waals surface area contributed by atoms with Gasteiger partial charge in [-0.25, -0.2) is 0 Å². The summed E-state index contributed by atoms with van der Waals surface area (Å²) < 4.78 is 0. The fourth-order valence-electron chi connectivity index (χ4n) is 1.99. The number of hydrogen-bond donors (Lipinski definition) is 2. The number of nitrogens with two attached hydrogens (primary N) is 1. The normalized spacial score (nSPS) is 16.1. The third-order valence-corrected chi connectivity index (χ3v) is 2.96. The maximum Gasteiger partial charge on any atom is 0.254 e. The second-order valence-electron chi connectivity index (χ2n) is 4.33. The lowest BCUT2D eigenvalue weighted by Gasteiger charge is -2.19. The highest BCUT2D eigenvalue weighted by atomic mass is 16.2. The van der Waals surface area contributed by atoms with Gasteiger partial charge >= 0.3 is 0 Å². The van der Waals surface area contributed by atoms with Crippen molar-refractivity contribution in [2.45, 2.75) is 13.0 Å². The van der Waals surface area contributed by atoms with Gasteiger partial charge in [-0.1, -0.05) is 12.1 Å². The topological polar surface area (TPSA) is 75.4 Å². The molecule has 3 N–H and O–H groups in total. The van der Waals surface area contributed by atoms with E-state index in [4.69, 9.17) is 5.73 Å². The van der Waals surface area contributed by atoms with E-state index in [1.807, 2.05) is 12.1 Å². The summed E-state index contributed by atoms with van der Waals surface area (Å²) in [6.45, 7) is 1.77. The number of rotatable bonds is 2. The smallest absolute Gasteiger partial charge is 0.254 e. The molecule has 1 aliphatic heterocycles. The van der Waals surface area contributed by atoms with Gasteiger partial charge in [0.25, 0.3) is 5.91 Å². The summed E-state index contributed by atoms with van der Waals surface area (Å²) >= 11 is 0. The molecule has 5 heteroatoms. The zero-order valence-electron chi connectivity index (χ0n) is 10.2. The first kappa shape index (κ1) is 12.6. The van der Waals surface area contributed by atoms with Crippen LogP contribution in [0.2, 0.25) is 0 Å². The van der Waals surface area contributed by atoms with Crippen LogP contribution in [0.15, 0.2) is 24.3 Å². The number of nitrogens with zero attached hydrogens (tertiary/aromatic N) is 1. The summed E-state index contributed by atoms with van der Waals surface area (Å²) in [6, 6.07) is 7.23. The Morgan fingerprint density at radius 3 is 3.06 bits per heavy atom. The lowest BCUT2D eigenvalue weighted by molar-refractivity contribution is -0.121. The molecule has 0 saturated carbocycles. The van der Waals surface area contributed by atoms with E-state index < -0.39 is 0 Å². The van der Waals surface area contributed by atoms with Gasteiger partial charge in [-0.2, -0.15) is 0 Å². The van der Waals surface area contributed by atoms with E-state index in [0.717, 1.165) is 12.0 Å². The number of benzene rings is 1. The summed E-state index contributed by atoms with van der Waals surface area (Å²) in [5.41, 5.74) is 7.06. The molecule has 0 aliphatic carbocycles. The predicted octanol–water partition coefficient (Wildman–Crippen LogP) is 0.107. The third kappa shape index (κ3) is 2.87. The maximum atomic E-state index is 12.3. The van der Waals surface area contributed by atoms with Crippen LogP contribution in [0.1, 0.15) is 22.3 Å². The Labute approximate surface area is 106 Å². The average Bonchev–Trinajstić information content (AvgIpc) is 2.62. The van der Waals surface area contributed by atoms with Crippen LogP contribution in [0.4, 0.5) is 0 Å². The molecule has 18 heavy (non-hydrogen) atoms. The molecule has 2 amide bonds. The van der Waals surface area contributed by atoms with Crippen molar-refractivity contribution >= 4 is 11.8 Å². The van der Waals surface area contributed by atoms with Gasteiger partial charge in [-0.3, -0.25) is 9.59 Å². The van der Waals surface area contributed by atoms with Gasteiger partial charge in [0.15, 0.2) is 0 Å². The SMILES string of the molecule is NCc1cccc(C(=O)N2CCCNC(=O)C2)c1. The van der Waals surface area contributed by atoms with Gasteiger partial charge < -0.3 is 16.0 Å². The predicted molar refractivity (Wildman–Crippen MR) is 67.9 cm³/mol. The van der Waals surface area contributed by atoms with Crippen LogP contribution in [-0.2, 0) is 11.3 Å². The second-order valence-corrected chi connectivity index (χ2v) is 4.33. The Morgan fingerprint density at radius 1 is 1.44 bits per heavy atom. The Balaban J connectivity index is 2.16. The van der Waals surface area contributed by atoms with Crippen molar-refractivity contribution in [1.29, 1.82) is 0 Å². The van der Waals surface area contributed by atoms with Crippen LogP contribution in [-0.4, -0.2) is 36.3 Å². The quantitative estimate of drug-likeness (QED) is 0.778. The van der Waals surface area contributed by atoms with E-state index >= 15 is 0 Å². The van der Waals surface area contributed by atoms with Crippen molar-refractivity contribution < 1.29 is 9.59 Å². The average molecular weight is 247 g/mol. The van der Waals surface area contributed by atoms with Crippen LogP contribution < -0.4 is 11.1 Å². The molecule has 0 unspecified atom stereocenters. The Morgan fingerprint density at radius 2 is 2.28 bits per heavy atom. The van der Waals surface area contributed by atoms with Crippen molar-refractivity contribution in [2.75, 3.05) is 19.6 Å². The Bertz CT molecular complexity index is 459. The largest absolute Gasteiger partial charge is 0.354 e. The van der Waals surface area contributed by atoms with E-state index in [0.29, 0.717) is 25.2 Å². The van der Waals surface area contributed by atoms with E-state index in [2.05, 4.69) is 5.32 Å². The number of amides is 2. The molecular weight excluding hydrogens is 230 g/mol. The summed E-state index contributed by atoms with van der Waals surface area (Å²) in [5, 5.41) is 2.75. The Hall–Kier alpha value is -1.88. The molecule has 1 saturated heterocycles. The lowest BCUT2D eigenvalue weighted by Crippen LogP contribution is -2.37. The van der Waals surface area contributed by atoms with Crippen molar-refractivity contribution in [2.24, 2.45) is 5.73 Å². The molecule has 1 fully saturated rings. The molecule has 0 aromatic heterocycles. The summed E-state index contributed by atoms with van der Waals surface area (Å²) in [4.78, 5) is 25.3. The minimum Gasteiger partial charge on any atom is -0.354 e. The minimum absolute atomic E-state index is 0.101. The summed E-state index contributed by atoms with van der Waals surface area (Å²) in [6.07, 6.45) is 0.786. The van der Waals surface area contributed by atoms with Gasteiger partial charge in [0, 0.05) is 25.2 Å². The first-order valence-electron chi connectivity index (χ1n) is 6.05. The van der Waals surface area contributed by atoms with E-state index in [-0.39, 0.29) is 18.4 Å². The molecule has 96 valence electrons. The van der Waals surface area contributed by atoms with Crippen LogP contribution in [0, 0.1) is 0 Å². The molecule has 1 aromatic carbocycles. The number of carbonyl (C=O) groups is 2. The highest BCUT2D eigenvalue weighted by molar-refractivity contribution is 5.96. The highest BCUT2D eigenvalue weighted by Gasteiger charge is 2.20. The second kappa shape index (κ2) is 5.64. The summed E-state index contributed by atoms with van der Waals surface area (Å²) in [5.74, 6) is -0.210. The first-order chi connectivity index (χ1) is 8.70. The molecule has 1 aromatic rings. The molecule has 5 nitrogen and oxygen atoms in total. The van der Waals surface area contributed by atoms with E-state index in [1.54, 1.807) is 17.0 Å². The highest BCUT2D eigenvalue weighted by Crippen LogP contribution is 2.09. The third-order valence-electron chi connectivity index (χ3n) is 2.96. The van der Waals surface area contributed by atoms with Crippen molar-refractivity contribution in [3.8, 4) is 0 Å². The monoisotopic (exact) mass is 247 g/mol. The van der Waals surface area contributed by atoms with E-state index in [1.165, 1.54) is 0 Å². The van der Waals surface area contributed by atoms with Crippen LogP contribution >= 0.6 is 0 Å². The number of hydrogen-bond acceptors (Lipinski definition) is 3. The molecule has 1 aliphatic rings. The van der Waals surface area contributed by atoms with Gasteiger partial charge in [0.1, 0.15) is 0 Å². The van der Waals surface area contributed by atoms with Gasteiger partial charge in [0.05, 0.1) is 6.54 Å². The molecule has 1 heterocycles. The van der Waals surface area contributed by atoms with Gasteiger partial charge in [-0.05, 0) is 24.1 Å². The lowest BCUT2D eigenvalue weighted by atomic mass is 10.1. The zero-order chi connectivity index (χ0) is 13.0. The Kier molecular flexibility index (Phi) is 3.94. The summed E-state index contributed by atoms with van der Waals surface area (Å²) in [7, 11) is 0. The van der Waals surface area contributed by atoms with Crippen molar-refractivity contribution in [3.63, 3.8) is 0 Å². The van der Waals surface area contributed by atoms with Crippen LogP contribution in [0.3, 0.4) is 0 Å². The van der Waals surface area contributed by atoms with Crippen LogP contribution in [0.25, 0.3) is 0 Å². The number of nitrogens with one attached hydrogen (secondary N) is 1. The molecule has 0 radical (unpaired) electrons. The first-order valence-corrected chi connectivity index (χ1v) is 6.05. The molecule has 2 rings (SSSR count). The fraction of sp³-hybridized carbons (Fsp3) is 0.385. The molecule has 0 spiro atoms. The van der Waals surface area contributed by atoms with Crippen molar-refractivity contribution in [3.05, 3.63) is 35.4 Å². The molecular formula is C13H17N3O2.